The van der Waals surface area contributed by atoms with Crippen molar-refractivity contribution in [2.45, 2.75) is 26.2 Å². The van der Waals surface area contributed by atoms with Gasteiger partial charge in [0, 0.05) is 24.3 Å². The quantitative estimate of drug-likeness (QED) is 0.200. The molecule has 2 amide bonds. The molecule has 0 radical (unpaired) electrons. The predicted octanol–water partition coefficient (Wildman–Crippen LogP) is 6.21. The summed E-state index contributed by atoms with van der Waals surface area (Å²) in [7, 11) is 0. The zero-order chi connectivity index (χ0) is 25.9. The second kappa shape index (κ2) is 13.0. The van der Waals surface area contributed by atoms with Crippen molar-refractivity contribution in [3.05, 3.63) is 109 Å². The molecule has 1 aromatic heterocycles. The number of para-hydroxylation sites is 1. The van der Waals surface area contributed by atoms with E-state index in [-0.39, 0.29) is 18.4 Å². The summed E-state index contributed by atoms with van der Waals surface area (Å²) in [5, 5.41) is 7.74. The zero-order valence-corrected chi connectivity index (χ0v) is 21.1. The molecule has 1 heterocycles. The highest BCUT2D eigenvalue weighted by atomic mass is 16.2. The molecule has 0 saturated carbocycles. The molecule has 6 heteroatoms. The highest BCUT2D eigenvalue weighted by molar-refractivity contribution is 5.98. The number of carbonyl (C=O) groups excluding carboxylic acids is 2. The van der Waals surface area contributed by atoms with Crippen molar-refractivity contribution in [1.82, 2.24) is 14.7 Å². The minimum Gasteiger partial charge on any atom is -0.330 e. The predicted molar refractivity (Wildman–Crippen MR) is 149 cm³/mol. The van der Waals surface area contributed by atoms with Gasteiger partial charge in [0.1, 0.15) is 12.4 Å². The Bertz CT molecular complexity index is 1320. The Balaban J connectivity index is 1.53. The van der Waals surface area contributed by atoms with Crippen LogP contribution in [-0.2, 0) is 9.59 Å². The molecule has 0 spiro atoms. The Hall–Kier alpha value is -4.45. The van der Waals surface area contributed by atoms with Crippen LogP contribution in [0.3, 0.4) is 0 Å². The van der Waals surface area contributed by atoms with Gasteiger partial charge in [0.05, 0.1) is 11.4 Å². The van der Waals surface area contributed by atoms with Crippen LogP contribution in [0.15, 0.2) is 103 Å². The fourth-order valence-corrected chi connectivity index (χ4v) is 4.00. The lowest BCUT2D eigenvalue weighted by Gasteiger charge is -2.21. The van der Waals surface area contributed by atoms with E-state index in [2.05, 4.69) is 12.2 Å². The molecular formula is C31H32N4O2. The molecule has 188 valence electrons. The van der Waals surface area contributed by atoms with Crippen molar-refractivity contribution in [2.24, 2.45) is 0 Å². The van der Waals surface area contributed by atoms with Gasteiger partial charge < -0.3 is 10.2 Å². The molecule has 4 rings (SSSR count). The molecule has 3 aromatic carbocycles. The lowest BCUT2D eigenvalue weighted by atomic mass is 10.1. The summed E-state index contributed by atoms with van der Waals surface area (Å²) in [4.78, 5) is 27.8. The first-order valence-corrected chi connectivity index (χ1v) is 12.7. The van der Waals surface area contributed by atoms with Gasteiger partial charge in [0.15, 0.2) is 0 Å². The maximum absolute atomic E-state index is 13.2. The highest BCUT2D eigenvalue weighted by Crippen LogP contribution is 2.24. The molecule has 0 bridgehead atoms. The van der Waals surface area contributed by atoms with Gasteiger partial charge in [0.25, 0.3) is 0 Å². The van der Waals surface area contributed by atoms with Crippen molar-refractivity contribution in [3.63, 3.8) is 0 Å². The number of nitrogens with one attached hydrogen (secondary N) is 1. The maximum atomic E-state index is 13.2. The molecule has 0 aliphatic heterocycles. The van der Waals surface area contributed by atoms with Crippen LogP contribution in [0.4, 0.5) is 5.82 Å². The van der Waals surface area contributed by atoms with E-state index in [9.17, 15) is 9.59 Å². The summed E-state index contributed by atoms with van der Waals surface area (Å²) in [6.45, 7) is 2.60. The van der Waals surface area contributed by atoms with Crippen molar-refractivity contribution >= 4 is 23.7 Å². The SMILES string of the molecule is CCCCCN(CC(=O)Nc1cc(-c2ccccc2)nn1-c1ccccc1)C(=O)/C=C/c1ccccc1. The molecular weight excluding hydrogens is 460 g/mol. The Morgan fingerprint density at radius 3 is 2.22 bits per heavy atom. The van der Waals surface area contributed by atoms with Crippen LogP contribution in [0.1, 0.15) is 31.7 Å². The summed E-state index contributed by atoms with van der Waals surface area (Å²) in [6, 6.07) is 31.0. The first-order chi connectivity index (χ1) is 18.1. The number of unbranched alkanes of at least 4 members (excludes halogenated alkanes) is 2. The number of amides is 2. The van der Waals surface area contributed by atoms with Gasteiger partial charge in [0.2, 0.25) is 11.8 Å². The molecule has 0 aliphatic rings. The van der Waals surface area contributed by atoms with E-state index in [4.69, 9.17) is 5.10 Å². The molecule has 0 saturated heterocycles. The number of benzene rings is 3. The fourth-order valence-electron chi connectivity index (χ4n) is 4.00. The van der Waals surface area contributed by atoms with Crippen molar-refractivity contribution < 1.29 is 9.59 Å². The molecule has 4 aromatic rings. The minimum atomic E-state index is -0.269. The van der Waals surface area contributed by atoms with Crippen LogP contribution < -0.4 is 5.32 Å². The molecule has 6 nitrogen and oxygen atoms in total. The largest absolute Gasteiger partial charge is 0.330 e. The van der Waals surface area contributed by atoms with E-state index < -0.39 is 0 Å². The van der Waals surface area contributed by atoms with Gasteiger partial charge in [-0.05, 0) is 30.2 Å². The van der Waals surface area contributed by atoms with Gasteiger partial charge in [-0.15, -0.1) is 0 Å². The van der Waals surface area contributed by atoms with Crippen LogP contribution in [0.2, 0.25) is 0 Å². The van der Waals surface area contributed by atoms with Gasteiger partial charge in [-0.25, -0.2) is 4.68 Å². The Morgan fingerprint density at radius 2 is 1.54 bits per heavy atom. The summed E-state index contributed by atoms with van der Waals surface area (Å²) in [5.41, 5.74) is 3.48. The van der Waals surface area contributed by atoms with Gasteiger partial charge in [-0.3, -0.25) is 9.59 Å². The van der Waals surface area contributed by atoms with Gasteiger partial charge >= 0.3 is 0 Å². The number of rotatable bonds is 11. The number of aromatic nitrogens is 2. The van der Waals surface area contributed by atoms with Crippen LogP contribution in [-0.4, -0.2) is 39.6 Å². The van der Waals surface area contributed by atoms with E-state index in [0.29, 0.717) is 12.4 Å². The highest BCUT2D eigenvalue weighted by Gasteiger charge is 2.18. The fraction of sp³-hybridized carbons (Fsp3) is 0.194. The summed E-state index contributed by atoms with van der Waals surface area (Å²) >= 11 is 0. The topological polar surface area (TPSA) is 67.2 Å². The van der Waals surface area contributed by atoms with Crippen LogP contribution in [0, 0.1) is 0 Å². The molecule has 0 fully saturated rings. The van der Waals surface area contributed by atoms with Gasteiger partial charge in [-0.2, -0.15) is 5.10 Å². The normalized spacial score (nSPS) is 10.9. The number of carbonyl (C=O) groups is 2. The molecule has 0 aliphatic carbocycles. The second-order valence-electron chi connectivity index (χ2n) is 8.79. The van der Waals surface area contributed by atoms with Crippen molar-refractivity contribution in [2.75, 3.05) is 18.4 Å². The zero-order valence-electron chi connectivity index (χ0n) is 21.1. The second-order valence-corrected chi connectivity index (χ2v) is 8.79. The van der Waals surface area contributed by atoms with Crippen LogP contribution in [0.25, 0.3) is 23.0 Å². The van der Waals surface area contributed by atoms with E-state index in [1.165, 1.54) is 6.08 Å². The average Bonchev–Trinajstić information content (AvgIpc) is 3.36. The first-order valence-electron chi connectivity index (χ1n) is 12.7. The Kier molecular flexibility index (Phi) is 9.02. The number of hydrogen-bond donors (Lipinski definition) is 1. The third-order valence-electron chi connectivity index (χ3n) is 5.94. The van der Waals surface area contributed by atoms with Crippen LogP contribution in [0.5, 0.6) is 0 Å². The summed E-state index contributed by atoms with van der Waals surface area (Å²) in [5.74, 6) is 0.0992. The third kappa shape index (κ3) is 7.27. The summed E-state index contributed by atoms with van der Waals surface area (Å²) in [6.07, 6.45) is 6.19. The summed E-state index contributed by atoms with van der Waals surface area (Å²) < 4.78 is 1.72. The number of nitrogens with zero attached hydrogens (tertiary/aromatic N) is 3. The van der Waals surface area contributed by atoms with Crippen molar-refractivity contribution in [1.29, 1.82) is 0 Å². The first kappa shape index (κ1) is 25.6. The van der Waals surface area contributed by atoms with Crippen LogP contribution >= 0.6 is 0 Å². The standard InChI is InChI=1S/C31H32N4O2/c1-2-3-13-22-34(31(37)21-20-25-14-7-4-8-15-25)24-30(36)32-29-23-28(26-16-9-5-10-17-26)33-35(29)27-18-11-6-12-19-27/h4-12,14-21,23H,2-3,13,22,24H2,1H3,(H,32,36)/b21-20+. The monoisotopic (exact) mass is 492 g/mol. The molecule has 0 unspecified atom stereocenters. The van der Waals surface area contributed by atoms with E-state index in [1.54, 1.807) is 15.7 Å². The lowest BCUT2D eigenvalue weighted by Crippen LogP contribution is -2.38. The molecule has 0 atom stereocenters. The van der Waals surface area contributed by atoms with Crippen molar-refractivity contribution in [3.8, 4) is 16.9 Å². The van der Waals surface area contributed by atoms with E-state index in [0.717, 1.165) is 41.8 Å². The van der Waals surface area contributed by atoms with Gasteiger partial charge in [-0.1, -0.05) is 98.6 Å². The lowest BCUT2D eigenvalue weighted by molar-refractivity contribution is -0.130. The van der Waals surface area contributed by atoms with E-state index >= 15 is 0 Å². The number of hydrogen-bond acceptors (Lipinski definition) is 3. The smallest absolute Gasteiger partial charge is 0.247 e. The van der Waals surface area contributed by atoms with E-state index in [1.807, 2.05) is 97.1 Å². The number of anilines is 1. The Labute approximate surface area is 218 Å². The molecule has 1 N–H and O–H groups in total. The third-order valence-corrected chi connectivity index (χ3v) is 5.94. The maximum Gasteiger partial charge on any atom is 0.247 e. The Morgan fingerprint density at radius 1 is 0.892 bits per heavy atom. The molecule has 37 heavy (non-hydrogen) atoms. The average molecular weight is 493 g/mol. The minimum absolute atomic E-state index is 0.0394.